The molecule has 1 saturated heterocycles. The van der Waals surface area contributed by atoms with Gasteiger partial charge in [0, 0.05) is 13.0 Å². The van der Waals surface area contributed by atoms with Crippen LogP contribution >= 0.6 is 0 Å². The van der Waals surface area contributed by atoms with Gasteiger partial charge < -0.3 is 5.11 Å². The molecule has 0 aromatic heterocycles. The van der Waals surface area contributed by atoms with E-state index >= 15 is 0 Å². The fourth-order valence-corrected chi connectivity index (χ4v) is 2.18. The lowest BCUT2D eigenvalue weighted by atomic mass is 10.1. The van der Waals surface area contributed by atoms with E-state index in [9.17, 15) is 4.39 Å². The molecule has 0 atom stereocenters. The maximum absolute atomic E-state index is 13.5. The fraction of sp³-hybridized carbons (Fsp3) is 0.467. The summed E-state index contributed by atoms with van der Waals surface area (Å²) in [6.07, 6.45) is 2.89. The van der Waals surface area contributed by atoms with Crippen molar-refractivity contribution in [2.24, 2.45) is 0 Å². The second-order valence-electron chi connectivity index (χ2n) is 4.57. The van der Waals surface area contributed by atoms with E-state index < -0.39 is 0 Å². The van der Waals surface area contributed by atoms with Gasteiger partial charge in [-0.2, -0.15) is 0 Å². The quantitative estimate of drug-likeness (QED) is 0.827. The molecule has 1 aliphatic rings. The molecule has 0 aliphatic carbocycles. The first-order valence-corrected chi connectivity index (χ1v) is 6.40. The van der Waals surface area contributed by atoms with Crippen molar-refractivity contribution in [3.05, 3.63) is 35.1 Å². The monoisotopic (exact) mass is 247 g/mol. The Labute approximate surface area is 107 Å². The molecule has 0 spiro atoms. The number of hydrogen-bond donors (Lipinski definition) is 1. The molecule has 1 fully saturated rings. The average molecular weight is 247 g/mol. The van der Waals surface area contributed by atoms with Gasteiger partial charge in [0.25, 0.3) is 0 Å². The Kier molecular flexibility index (Phi) is 4.74. The van der Waals surface area contributed by atoms with E-state index in [1.54, 1.807) is 0 Å². The van der Waals surface area contributed by atoms with Gasteiger partial charge in [-0.3, -0.25) is 4.90 Å². The standard InChI is InChI=1S/C15H18FNO/c16-15-7-6-13(12-17-8-2-3-9-17)11-14(15)5-1-4-10-18/h6-7,11,18H,2-4,8-10,12H2. The van der Waals surface area contributed by atoms with E-state index in [4.69, 9.17) is 5.11 Å². The number of aliphatic hydroxyl groups is 1. The topological polar surface area (TPSA) is 23.5 Å². The lowest BCUT2D eigenvalue weighted by Gasteiger charge is -2.14. The van der Waals surface area contributed by atoms with Crippen molar-refractivity contribution in [3.63, 3.8) is 0 Å². The lowest BCUT2D eigenvalue weighted by molar-refractivity contribution is 0.305. The van der Waals surface area contributed by atoms with E-state index in [-0.39, 0.29) is 12.4 Å². The predicted molar refractivity (Wildman–Crippen MR) is 69.5 cm³/mol. The summed E-state index contributed by atoms with van der Waals surface area (Å²) in [7, 11) is 0. The molecule has 1 N–H and O–H groups in total. The minimum Gasteiger partial charge on any atom is -0.395 e. The molecule has 1 aromatic rings. The van der Waals surface area contributed by atoms with Crippen LogP contribution in [0, 0.1) is 17.7 Å². The van der Waals surface area contributed by atoms with Gasteiger partial charge in [0.05, 0.1) is 12.2 Å². The summed E-state index contributed by atoms with van der Waals surface area (Å²) in [6, 6.07) is 5.12. The van der Waals surface area contributed by atoms with Crippen molar-refractivity contribution >= 4 is 0 Å². The highest BCUT2D eigenvalue weighted by molar-refractivity contribution is 5.38. The summed E-state index contributed by atoms with van der Waals surface area (Å²) in [5.41, 5.74) is 1.53. The SMILES string of the molecule is OCCC#Cc1cc(CN2CCCC2)ccc1F. The molecule has 3 heteroatoms. The van der Waals surface area contributed by atoms with Crippen LogP contribution in [0.15, 0.2) is 18.2 Å². The van der Waals surface area contributed by atoms with Gasteiger partial charge in [-0.1, -0.05) is 17.9 Å². The molecule has 2 rings (SSSR count). The Bertz CT molecular complexity index is 455. The molecule has 2 nitrogen and oxygen atoms in total. The van der Waals surface area contributed by atoms with Crippen LogP contribution < -0.4 is 0 Å². The third kappa shape index (κ3) is 3.56. The molecule has 1 heterocycles. The number of aliphatic hydroxyl groups excluding tert-OH is 1. The van der Waals surface area contributed by atoms with E-state index in [0.717, 1.165) is 25.2 Å². The maximum atomic E-state index is 13.5. The molecule has 96 valence electrons. The fourth-order valence-electron chi connectivity index (χ4n) is 2.18. The smallest absolute Gasteiger partial charge is 0.138 e. The van der Waals surface area contributed by atoms with E-state index in [1.165, 1.54) is 18.9 Å². The second kappa shape index (κ2) is 6.53. The lowest BCUT2D eigenvalue weighted by Crippen LogP contribution is -2.18. The first-order valence-electron chi connectivity index (χ1n) is 6.40. The van der Waals surface area contributed by atoms with Crippen molar-refractivity contribution in [1.82, 2.24) is 4.90 Å². The summed E-state index contributed by atoms with van der Waals surface area (Å²) in [4.78, 5) is 2.37. The van der Waals surface area contributed by atoms with Crippen LogP contribution in [0.4, 0.5) is 4.39 Å². The van der Waals surface area contributed by atoms with E-state index in [0.29, 0.717) is 12.0 Å². The van der Waals surface area contributed by atoms with Crippen molar-refractivity contribution in [2.75, 3.05) is 19.7 Å². The number of hydrogen-bond acceptors (Lipinski definition) is 2. The number of nitrogens with zero attached hydrogens (tertiary/aromatic N) is 1. The van der Waals surface area contributed by atoms with Crippen LogP contribution in [-0.2, 0) is 6.54 Å². The van der Waals surface area contributed by atoms with E-state index in [2.05, 4.69) is 16.7 Å². The third-order valence-electron chi connectivity index (χ3n) is 3.10. The highest BCUT2D eigenvalue weighted by Gasteiger charge is 2.12. The Morgan fingerprint density at radius 3 is 2.78 bits per heavy atom. The Hall–Kier alpha value is -1.37. The molecule has 0 saturated carbocycles. The Morgan fingerprint density at radius 2 is 2.06 bits per heavy atom. The summed E-state index contributed by atoms with van der Waals surface area (Å²) >= 11 is 0. The van der Waals surface area contributed by atoms with Crippen LogP contribution in [-0.4, -0.2) is 29.7 Å². The first-order chi connectivity index (χ1) is 8.79. The van der Waals surface area contributed by atoms with E-state index in [1.807, 2.05) is 12.1 Å². The number of rotatable bonds is 3. The molecule has 0 bridgehead atoms. The van der Waals surface area contributed by atoms with Crippen molar-refractivity contribution in [2.45, 2.75) is 25.8 Å². The van der Waals surface area contributed by atoms with Gasteiger partial charge in [0.1, 0.15) is 5.82 Å². The van der Waals surface area contributed by atoms with Crippen LogP contribution in [0.25, 0.3) is 0 Å². The molecule has 18 heavy (non-hydrogen) atoms. The van der Waals surface area contributed by atoms with Crippen molar-refractivity contribution < 1.29 is 9.50 Å². The third-order valence-corrected chi connectivity index (χ3v) is 3.10. The first kappa shape index (κ1) is 13.1. The second-order valence-corrected chi connectivity index (χ2v) is 4.57. The van der Waals surface area contributed by atoms with Gasteiger partial charge in [0.15, 0.2) is 0 Å². The van der Waals surface area contributed by atoms with Crippen LogP contribution in [0.5, 0.6) is 0 Å². The Balaban J connectivity index is 2.08. The highest BCUT2D eigenvalue weighted by atomic mass is 19.1. The van der Waals surface area contributed by atoms with Gasteiger partial charge >= 0.3 is 0 Å². The molecular weight excluding hydrogens is 229 g/mol. The zero-order valence-electron chi connectivity index (χ0n) is 10.5. The molecule has 0 amide bonds. The zero-order valence-corrected chi connectivity index (χ0v) is 10.5. The number of likely N-dealkylation sites (tertiary alicyclic amines) is 1. The van der Waals surface area contributed by atoms with Gasteiger partial charge in [-0.15, -0.1) is 0 Å². The molecular formula is C15H18FNO. The largest absolute Gasteiger partial charge is 0.395 e. The summed E-state index contributed by atoms with van der Waals surface area (Å²) in [5.74, 6) is 5.25. The van der Waals surface area contributed by atoms with Gasteiger partial charge in [0.2, 0.25) is 0 Å². The van der Waals surface area contributed by atoms with Crippen LogP contribution in [0.3, 0.4) is 0 Å². The van der Waals surface area contributed by atoms with Crippen LogP contribution in [0.1, 0.15) is 30.4 Å². The maximum Gasteiger partial charge on any atom is 0.138 e. The average Bonchev–Trinajstić information content (AvgIpc) is 2.86. The van der Waals surface area contributed by atoms with Crippen LogP contribution in [0.2, 0.25) is 0 Å². The predicted octanol–water partition coefficient (Wildman–Crippen LogP) is 2.16. The number of benzene rings is 1. The zero-order chi connectivity index (χ0) is 12.8. The molecule has 0 radical (unpaired) electrons. The molecule has 1 aromatic carbocycles. The Morgan fingerprint density at radius 1 is 1.28 bits per heavy atom. The highest BCUT2D eigenvalue weighted by Crippen LogP contribution is 2.15. The van der Waals surface area contributed by atoms with Gasteiger partial charge in [-0.25, -0.2) is 4.39 Å². The minimum absolute atomic E-state index is 0.0160. The molecule has 1 aliphatic heterocycles. The minimum atomic E-state index is -0.286. The normalized spacial score (nSPS) is 15.4. The number of halogens is 1. The van der Waals surface area contributed by atoms with Crippen molar-refractivity contribution in [1.29, 1.82) is 0 Å². The summed E-state index contributed by atoms with van der Waals surface area (Å²) < 4.78 is 13.5. The van der Waals surface area contributed by atoms with Crippen molar-refractivity contribution in [3.8, 4) is 11.8 Å². The summed E-state index contributed by atoms with van der Waals surface area (Å²) in [5, 5.41) is 8.65. The summed E-state index contributed by atoms with van der Waals surface area (Å²) in [6.45, 7) is 3.14. The molecule has 0 unspecified atom stereocenters. The van der Waals surface area contributed by atoms with Gasteiger partial charge in [-0.05, 0) is 43.6 Å².